The molecule has 3 rings (SSSR count). The van der Waals surface area contributed by atoms with Crippen molar-refractivity contribution in [3.8, 4) is 0 Å². The lowest BCUT2D eigenvalue weighted by molar-refractivity contribution is -0.185. The molecule has 0 bridgehead atoms. The van der Waals surface area contributed by atoms with Gasteiger partial charge in [-0.3, -0.25) is 0 Å². The molecule has 0 atom stereocenters. The third kappa shape index (κ3) is 2.71. The highest BCUT2D eigenvalue weighted by molar-refractivity contribution is 7.09. The van der Waals surface area contributed by atoms with Crippen LogP contribution in [0.4, 0.5) is 0 Å². The fourth-order valence-corrected chi connectivity index (χ4v) is 3.32. The zero-order chi connectivity index (χ0) is 11.6. The van der Waals surface area contributed by atoms with E-state index in [4.69, 9.17) is 9.47 Å². The highest BCUT2D eigenvalue weighted by Gasteiger charge is 2.39. The van der Waals surface area contributed by atoms with Gasteiger partial charge in [0.1, 0.15) is 0 Å². The van der Waals surface area contributed by atoms with E-state index in [1.807, 2.05) is 11.3 Å². The zero-order valence-electron chi connectivity index (χ0n) is 10.1. The van der Waals surface area contributed by atoms with E-state index in [-0.39, 0.29) is 5.79 Å². The van der Waals surface area contributed by atoms with Crippen LogP contribution in [0.5, 0.6) is 0 Å². The molecule has 2 aliphatic heterocycles. The maximum atomic E-state index is 5.73. The lowest BCUT2D eigenvalue weighted by Gasteiger charge is -2.37. The fraction of sp³-hybridized carbons (Fsp3) is 0.692. The highest BCUT2D eigenvalue weighted by Crippen LogP contribution is 2.31. The maximum absolute atomic E-state index is 5.73. The van der Waals surface area contributed by atoms with Crippen molar-refractivity contribution in [2.75, 3.05) is 32.8 Å². The molecular formula is C13H19NO2S. The summed E-state index contributed by atoms with van der Waals surface area (Å²) in [5.74, 6) is -0.223. The molecule has 94 valence electrons. The van der Waals surface area contributed by atoms with Crippen LogP contribution in [0.3, 0.4) is 0 Å². The van der Waals surface area contributed by atoms with Gasteiger partial charge in [-0.2, -0.15) is 0 Å². The molecule has 4 heteroatoms. The fourth-order valence-electron chi connectivity index (χ4n) is 2.63. The van der Waals surface area contributed by atoms with Crippen LogP contribution < -0.4 is 0 Å². The van der Waals surface area contributed by atoms with E-state index >= 15 is 0 Å². The molecule has 1 aromatic rings. The van der Waals surface area contributed by atoms with Crippen molar-refractivity contribution in [2.45, 2.75) is 25.0 Å². The summed E-state index contributed by atoms with van der Waals surface area (Å²) in [5, 5.41) is 2.15. The van der Waals surface area contributed by atoms with Gasteiger partial charge in [0.05, 0.1) is 13.2 Å². The normalized spacial score (nSPS) is 24.5. The third-order valence-corrected chi connectivity index (χ3v) is 4.62. The molecule has 0 aliphatic carbocycles. The van der Waals surface area contributed by atoms with E-state index in [0.29, 0.717) is 0 Å². The molecule has 1 spiro atoms. The van der Waals surface area contributed by atoms with Gasteiger partial charge in [-0.05, 0) is 17.9 Å². The van der Waals surface area contributed by atoms with Gasteiger partial charge >= 0.3 is 0 Å². The van der Waals surface area contributed by atoms with Crippen molar-refractivity contribution in [3.05, 3.63) is 22.4 Å². The summed E-state index contributed by atoms with van der Waals surface area (Å²) in [6.07, 6.45) is 3.22. The number of likely N-dealkylation sites (tertiary alicyclic amines) is 1. The molecular weight excluding hydrogens is 234 g/mol. The van der Waals surface area contributed by atoms with Crippen molar-refractivity contribution in [3.63, 3.8) is 0 Å². The number of nitrogens with zero attached hydrogens (tertiary/aromatic N) is 1. The minimum atomic E-state index is -0.223. The molecule has 2 aliphatic rings. The van der Waals surface area contributed by atoms with Crippen molar-refractivity contribution in [2.24, 2.45) is 0 Å². The second-order valence-corrected chi connectivity index (χ2v) is 5.81. The molecule has 3 heterocycles. The van der Waals surface area contributed by atoms with Gasteiger partial charge < -0.3 is 14.4 Å². The van der Waals surface area contributed by atoms with Crippen LogP contribution in [-0.4, -0.2) is 43.5 Å². The monoisotopic (exact) mass is 253 g/mol. The number of piperidine rings is 1. The Hall–Kier alpha value is -0.420. The van der Waals surface area contributed by atoms with Crippen molar-refractivity contribution >= 4 is 11.3 Å². The van der Waals surface area contributed by atoms with Crippen LogP contribution in [0, 0.1) is 0 Å². The van der Waals surface area contributed by atoms with Gasteiger partial charge in [-0.15, -0.1) is 11.3 Å². The van der Waals surface area contributed by atoms with Gasteiger partial charge in [-0.25, -0.2) is 0 Å². The number of ether oxygens (including phenoxy) is 2. The smallest absolute Gasteiger partial charge is 0.170 e. The molecule has 2 fully saturated rings. The largest absolute Gasteiger partial charge is 0.347 e. The average molecular weight is 253 g/mol. The number of thiophene rings is 1. The Morgan fingerprint density at radius 1 is 1.24 bits per heavy atom. The van der Waals surface area contributed by atoms with Crippen molar-refractivity contribution in [1.82, 2.24) is 4.90 Å². The molecule has 2 saturated heterocycles. The molecule has 0 N–H and O–H groups in total. The van der Waals surface area contributed by atoms with Crippen LogP contribution in [0.2, 0.25) is 0 Å². The molecule has 0 amide bonds. The van der Waals surface area contributed by atoms with E-state index < -0.39 is 0 Å². The van der Waals surface area contributed by atoms with Gasteiger partial charge in [0.15, 0.2) is 5.79 Å². The lowest BCUT2D eigenvalue weighted by Crippen LogP contribution is -2.45. The van der Waals surface area contributed by atoms with E-state index in [1.54, 1.807) is 0 Å². The Kier molecular flexibility index (Phi) is 3.47. The third-order valence-electron chi connectivity index (χ3n) is 3.69. The summed E-state index contributed by atoms with van der Waals surface area (Å²) in [6.45, 7) is 4.91. The Labute approximate surface area is 106 Å². The maximum Gasteiger partial charge on any atom is 0.170 e. The van der Waals surface area contributed by atoms with Crippen LogP contribution in [0.15, 0.2) is 17.5 Å². The van der Waals surface area contributed by atoms with E-state index in [1.165, 1.54) is 11.3 Å². The minimum absolute atomic E-state index is 0.223. The summed E-state index contributed by atoms with van der Waals surface area (Å²) in [4.78, 5) is 4.01. The quantitative estimate of drug-likeness (QED) is 0.823. The molecule has 0 unspecified atom stereocenters. The van der Waals surface area contributed by atoms with E-state index in [0.717, 1.165) is 45.7 Å². The Morgan fingerprint density at radius 3 is 2.65 bits per heavy atom. The number of hydrogen-bond donors (Lipinski definition) is 0. The summed E-state index contributed by atoms with van der Waals surface area (Å²) in [6, 6.07) is 4.35. The molecule has 3 nitrogen and oxygen atoms in total. The van der Waals surface area contributed by atoms with Gasteiger partial charge in [0.2, 0.25) is 0 Å². The van der Waals surface area contributed by atoms with E-state index in [9.17, 15) is 0 Å². The molecule has 0 saturated carbocycles. The zero-order valence-corrected chi connectivity index (χ0v) is 10.9. The number of hydrogen-bond acceptors (Lipinski definition) is 4. The van der Waals surface area contributed by atoms with Gasteiger partial charge in [-0.1, -0.05) is 6.07 Å². The van der Waals surface area contributed by atoms with Crippen LogP contribution in [0.25, 0.3) is 0 Å². The second kappa shape index (κ2) is 5.06. The summed E-state index contributed by atoms with van der Waals surface area (Å²) in [5.41, 5.74) is 0. The SMILES string of the molecule is c1csc(CCN2CCC3(CC2)OCCO3)c1. The Morgan fingerprint density at radius 2 is 2.00 bits per heavy atom. The average Bonchev–Trinajstić information content (AvgIpc) is 3.01. The minimum Gasteiger partial charge on any atom is -0.347 e. The van der Waals surface area contributed by atoms with E-state index in [2.05, 4.69) is 22.4 Å². The second-order valence-electron chi connectivity index (χ2n) is 4.78. The number of rotatable bonds is 3. The Balaban J connectivity index is 1.45. The highest BCUT2D eigenvalue weighted by atomic mass is 32.1. The lowest BCUT2D eigenvalue weighted by atomic mass is 10.0. The molecule has 17 heavy (non-hydrogen) atoms. The Bertz CT molecular complexity index is 336. The first-order chi connectivity index (χ1) is 8.36. The van der Waals surface area contributed by atoms with Crippen molar-refractivity contribution < 1.29 is 9.47 Å². The summed E-state index contributed by atoms with van der Waals surface area (Å²) in [7, 11) is 0. The summed E-state index contributed by atoms with van der Waals surface area (Å²) < 4.78 is 11.5. The molecule has 0 radical (unpaired) electrons. The molecule has 0 aromatic carbocycles. The predicted molar refractivity (Wildman–Crippen MR) is 68.3 cm³/mol. The first-order valence-electron chi connectivity index (χ1n) is 6.39. The predicted octanol–water partition coefficient (Wildman–Crippen LogP) is 2.13. The van der Waals surface area contributed by atoms with Crippen LogP contribution in [0.1, 0.15) is 17.7 Å². The van der Waals surface area contributed by atoms with Crippen LogP contribution in [-0.2, 0) is 15.9 Å². The molecule has 1 aromatic heterocycles. The van der Waals surface area contributed by atoms with Gasteiger partial charge in [0.25, 0.3) is 0 Å². The standard InChI is InChI=1S/C13H19NO2S/c1-2-12(17-11-1)3-6-14-7-4-13(5-8-14)15-9-10-16-13/h1-2,11H,3-10H2. The van der Waals surface area contributed by atoms with Gasteiger partial charge in [0, 0.05) is 37.4 Å². The topological polar surface area (TPSA) is 21.7 Å². The summed E-state index contributed by atoms with van der Waals surface area (Å²) >= 11 is 1.85. The first-order valence-corrected chi connectivity index (χ1v) is 7.27. The first kappa shape index (κ1) is 11.7. The van der Waals surface area contributed by atoms with Crippen LogP contribution >= 0.6 is 11.3 Å². The van der Waals surface area contributed by atoms with Crippen molar-refractivity contribution in [1.29, 1.82) is 0 Å².